The molecule has 1 saturated carbocycles. The second-order valence-corrected chi connectivity index (χ2v) is 6.37. The lowest BCUT2D eigenvalue weighted by Gasteiger charge is -2.40. The van der Waals surface area contributed by atoms with Crippen molar-refractivity contribution in [2.45, 2.75) is 57.1 Å². The lowest BCUT2D eigenvalue weighted by molar-refractivity contribution is -0.131. The molecule has 0 aromatic heterocycles. The number of halogens is 1. The Kier molecular flexibility index (Phi) is 6.25. The first-order chi connectivity index (χ1) is 8.96. The molecule has 118 valence electrons. The molecule has 1 heterocycles. The minimum atomic E-state index is -0.797. The molecule has 1 saturated heterocycles. The molecule has 0 spiro atoms. The summed E-state index contributed by atoms with van der Waals surface area (Å²) in [5, 5.41) is 13.1. The topological polar surface area (TPSA) is 84.6 Å². The first kappa shape index (κ1) is 17.7. The quantitative estimate of drug-likeness (QED) is 0.725. The molecule has 0 aromatic rings. The fourth-order valence-electron chi connectivity index (χ4n) is 3.01. The van der Waals surface area contributed by atoms with Gasteiger partial charge in [-0.2, -0.15) is 0 Å². The molecule has 2 fully saturated rings. The summed E-state index contributed by atoms with van der Waals surface area (Å²) in [6.45, 7) is 3.64. The van der Waals surface area contributed by atoms with E-state index < -0.39 is 5.54 Å². The Morgan fingerprint density at radius 3 is 2.60 bits per heavy atom. The first-order valence-corrected chi connectivity index (χ1v) is 7.29. The molecule has 5 nitrogen and oxygen atoms in total. The van der Waals surface area contributed by atoms with Gasteiger partial charge in [0.1, 0.15) is 0 Å². The van der Waals surface area contributed by atoms with Crippen LogP contribution < -0.4 is 11.1 Å². The van der Waals surface area contributed by atoms with E-state index in [0.717, 1.165) is 25.7 Å². The third-order valence-electron chi connectivity index (χ3n) is 4.77. The van der Waals surface area contributed by atoms with Crippen molar-refractivity contribution in [1.82, 2.24) is 5.32 Å². The van der Waals surface area contributed by atoms with Crippen LogP contribution in [-0.4, -0.2) is 42.4 Å². The Hall–Kier alpha value is -0.360. The Morgan fingerprint density at radius 1 is 1.35 bits per heavy atom. The minimum Gasteiger partial charge on any atom is -0.392 e. The van der Waals surface area contributed by atoms with E-state index in [2.05, 4.69) is 5.32 Å². The van der Waals surface area contributed by atoms with Gasteiger partial charge in [-0.15, -0.1) is 12.4 Å². The molecule has 1 aliphatic heterocycles. The fraction of sp³-hybridized carbons (Fsp3) is 0.929. The second kappa shape index (κ2) is 7.07. The molecule has 2 atom stereocenters. The maximum absolute atomic E-state index is 12.2. The van der Waals surface area contributed by atoms with Gasteiger partial charge in [-0.3, -0.25) is 4.79 Å². The normalized spacial score (nSPS) is 33.0. The number of aliphatic hydroxyl groups excluding tert-OH is 1. The Labute approximate surface area is 127 Å². The molecule has 0 aromatic carbocycles. The summed E-state index contributed by atoms with van der Waals surface area (Å²) >= 11 is 0. The summed E-state index contributed by atoms with van der Waals surface area (Å²) < 4.78 is 5.25. The maximum atomic E-state index is 12.2. The van der Waals surface area contributed by atoms with Gasteiger partial charge in [-0.1, -0.05) is 19.8 Å². The van der Waals surface area contributed by atoms with E-state index in [9.17, 15) is 9.90 Å². The molecule has 1 amide bonds. The van der Waals surface area contributed by atoms with Crippen LogP contribution in [0, 0.1) is 5.41 Å². The van der Waals surface area contributed by atoms with Crippen molar-refractivity contribution in [3.05, 3.63) is 0 Å². The van der Waals surface area contributed by atoms with Crippen molar-refractivity contribution in [2.75, 3.05) is 19.8 Å². The molecule has 2 unspecified atom stereocenters. The number of nitrogens with two attached hydrogens (primary N) is 1. The fourth-order valence-corrected chi connectivity index (χ4v) is 3.01. The first-order valence-electron chi connectivity index (χ1n) is 7.29. The van der Waals surface area contributed by atoms with Crippen LogP contribution in [0.2, 0.25) is 0 Å². The predicted molar refractivity (Wildman–Crippen MR) is 79.8 cm³/mol. The molecular formula is C14H27ClN2O3. The van der Waals surface area contributed by atoms with Crippen LogP contribution in [0.5, 0.6) is 0 Å². The zero-order chi connectivity index (χ0) is 13.9. The van der Waals surface area contributed by atoms with Crippen molar-refractivity contribution in [3.63, 3.8) is 0 Å². The summed E-state index contributed by atoms with van der Waals surface area (Å²) in [6, 6.07) is 0. The average molecular weight is 307 g/mol. The highest BCUT2D eigenvalue weighted by Crippen LogP contribution is 2.35. The van der Waals surface area contributed by atoms with E-state index in [1.165, 1.54) is 0 Å². The van der Waals surface area contributed by atoms with Crippen LogP contribution in [0.3, 0.4) is 0 Å². The molecule has 2 aliphatic rings. The number of carbonyl (C=O) groups excluding carboxylic acids is 1. The molecule has 0 radical (unpaired) electrons. The van der Waals surface area contributed by atoms with Crippen LogP contribution in [0.25, 0.3) is 0 Å². The van der Waals surface area contributed by atoms with Gasteiger partial charge in [-0.05, 0) is 25.7 Å². The van der Waals surface area contributed by atoms with E-state index in [4.69, 9.17) is 10.5 Å². The van der Waals surface area contributed by atoms with E-state index in [-0.39, 0.29) is 29.8 Å². The zero-order valence-corrected chi connectivity index (χ0v) is 13.0. The van der Waals surface area contributed by atoms with Crippen molar-refractivity contribution in [1.29, 1.82) is 0 Å². The summed E-state index contributed by atoms with van der Waals surface area (Å²) in [6.07, 6.45) is 4.78. The molecule has 0 bridgehead atoms. The molecule has 4 N–H and O–H groups in total. The SMILES string of the molecule is CC1(CNC(=O)C2(N)CCOCC2)CCCCC1O.Cl. The van der Waals surface area contributed by atoms with Gasteiger partial charge in [-0.25, -0.2) is 0 Å². The number of amides is 1. The largest absolute Gasteiger partial charge is 0.392 e. The van der Waals surface area contributed by atoms with E-state index >= 15 is 0 Å². The molecular weight excluding hydrogens is 280 g/mol. The van der Waals surface area contributed by atoms with Crippen LogP contribution in [-0.2, 0) is 9.53 Å². The van der Waals surface area contributed by atoms with Crippen molar-refractivity contribution >= 4 is 18.3 Å². The van der Waals surface area contributed by atoms with Crippen molar-refractivity contribution in [2.24, 2.45) is 11.1 Å². The van der Waals surface area contributed by atoms with Gasteiger partial charge >= 0.3 is 0 Å². The van der Waals surface area contributed by atoms with E-state index in [1.807, 2.05) is 6.92 Å². The molecule has 6 heteroatoms. The highest BCUT2D eigenvalue weighted by molar-refractivity contribution is 5.86. The summed E-state index contributed by atoms with van der Waals surface area (Å²) in [5.41, 5.74) is 5.13. The molecule has 1 aliphatic carbocycles. The summed E-state index contributed by atoms with van der Waals surface area (Å²) in [5.74, 6) is -0.102. The maximum Gasteiger partial charge on any atom is 0.240 e. The van der Waals surface area contributed by atoms with Gasteiger partial charge in [0, 0.05) is 25.2 Å². The number of hydrogen-bond acceptors (Lipinski definition) is 4. The highest BCUT2D eigenvalue weighted by Gasteiger charge is 2.39. The highest BCUT2D eigenvalue weighted by atomic mass is 35.5. The van der Waals surface area contributed by atoms with E-state index in [1.54, 1.807) is 0 Å². The van der Waals surface area contributed by atoms with Gasteiger partial charge < -0.3 is 20.9 Å². The Bertz CT molecular complexity index is 334. The van der Waals surface area contributed by atoms with Crippen molar-refractivity contribution < 1.29 is 14.6 Å². The third kappa shape index (κ3) is 3.85. The summed E-state index contributed by atoms with van der Waals surface area (Å²) in [4.78, 5) is 12.2. The number of rotatable bonds is 3. The predicted octanol–water partition coefficient (Wildman–Crippen LogP) is 0.973. The average Bonchev–Trinajstić information content (AvgIpc) is 2.41. The molecule has 20 heavy (non-hydrogen) atoms. The smallest absolute Gasteiger partial charge is 0.240 e. The van der Waals surface area contributed by atoms with Gasteiger partial charge in [0.25, 0.3) is 0 Å². The summed E-state index contributed by atoms with van der Waals surface area (Å²) in [7, 11) is 0. The Balaban J connectivity index is 0.00000200. The van der Waals surface area contributed by atoms with Crippen LogP contribution in [0.1, 0.15) is 45.4 Å². The molecule has 2 rings (SSSR count). The van der Waals surface area contributed by atoms with Gasteiger partial charge in [0.2, 0.25) is 5.91 Å². The monoisotopic (exact) mass is 306 g/mol. The third-order valence-corrected chi connectivity index (χ3v) is 4.77. The van der Waals surface area contributed by atoms with Gasteiger partial charge in [0.15, 0.2) is 0 Å². The lowest BCUT2D eigenvalue weighted by Crippen LogP contribution is -2.59. The number of hydrogen-bond donors (Lipinski definition) is 3. The number of carbonyl (C=O) groups is 1. The minimum absolute atomic E-state index is 0. The van der Waals surface area contributed by atoms with Crippen LogP contribution >= 0.6 is 12.4 Å². The second-order valence-electron chi connectivity index (χ2n) is 6.37. The van der Waals surface area contributed by atoms with Gasteiger partial charge in [0.05, 0.1) is 11.6 Å². The zero-order valence-electron chi connectivity index (χ0n) is 12.2. The van der Waals surface area contributed by atoms with Crippen molar-refractivity contribution in [3.8, 4) is 0 Å². The lowest BCUT2D eigenvalue weighted by atomic mass is 9.73. The number of nitrogens with one attached hydrogen (secondary N) is 1. The van der Waals surface area contributed by atoms with Crippen LogP contribution in [0.4, 0.5) is 0 Å². The van der Waals surface area contributed by atoms with Crippen LogP contribution in [0.15, 0.2) is 0 Å². The number of aliphatic hydroxyl groups is 1. The van der Waals surface area contributed by atoms with E-state index in [0.29, 0.717) is 32.6 Å². The standard InChI is InChI=1S/C14H26N2O3.ClH/c1-13(5-3-2-4-11(13)17)10-16-12(18)14(15)6-8-19-9-7-14;/h11,17H,2-10,15H2,1H3,(H,16,18);1H. The Morgan fingerprint density at radius 2 is 2.00 bits per heavy atom. The number of ether oxygens (including phenoxy) is 1.